The van der Waals surface area contributed by atoms with Gasteiger partial charge in [-0.2, -0.15) is 0 Å². The zero-order chi connectivity index (χ0) is 12.8. The van der Waals surface area contributed by atoms with Gasteiger partial charge in [0.2, 0.25) is 0 Å². The molecule has 0 aliphatic heterocycles. The molecule has 88 valence electrons. The van der Waals surface area contributed by atoms with E-state index in [-0.39, 0.29) is 30.0 Å². The molecule has 0 saturated heterocycles. The Hall–Kier alpha value is -2.55. The lowest BCUT2D eigenvalue weighted by atomic mass is 10.2. The Morgan fingerprint density at radius 3 is 2.82 bits per heavy atom. The molecule has 0 saturated carbocycles. The highest BCUT2D eigenvalue weighted by atomic mass is 16.6. The van der Waals surface area contributed by atoms with Gasteiger partial charge in [0, 0.05) is 18.6 Å². The molecule has 0 fully saturated rings. The first-order valence-corrected chi connectivity index (χ1v) is 4.64. The van der Waals surface area contributed by atoms with Crippen molar-refractivity contribution in [3.63, 3.8) is 0 Å². The molecular formula is C11H9NO5. The van der Waals surface area contributed by atoms with Crippen molar-refractivity contribution in [2.75, 3.05) is 6.61 Å². The van der Waals surface area contributed by atoms with Crippen LogP contribution in [0.4, 0.5) is 5.69 Å². The second-order valence-electron chi connectivity index (χ2n) is 3.05. The average molecular weight is 235 g/mol. The van der Waals surface area contributed by atoms with E-state index in [0.717, 1.165) is 18.2 Å². The van der Waals surface area contributed by atoms with E-state index in [0.29, 0.717) is 0 Å². The molecule has 0 aromatic heterocycles. The number of nitrogens with zero attached hydrogens (tertiary/aromatic N) is 1. The smallest absolute Gasteiger partial charge is 0.335 e. The van der Waals surface area contributed by atoms with Gasteiger partial charge in [-0.25, -0.2) is 4.79 Å². The van der Waals surface area contributed by atoms with Crippen molar-refractivity contribution in [3.05, 3.63) is 33.9 Å². The number of nitro groups is 1. The fraction of sp³-hybridized carbons (Fsp3) is 0.182. The van der Waals surface area contributed by atoms with Crippen LogP contribution in [0.25, 0.3) is 0 Å². The molecule has 6 heteroatoms. The number of carboxylic acid groups (broad SMARTS) is 1. The monoisotopic (exact) mass is 235 g/mol. The van der Waals surface area contributed by atoms with Crippen LogP contribution in [-0.4, -0.2) is 22.6 Å². The Labute approximate surface area is 97.0 Å². The number of hydrogen-bond acceptors (Lipinski definition) is 4. The van der Waals surface area contributed by atoms with Crippen LogP contribution in [0.3, 0.4) is 0 Å². The molecule has 1 aromatic carbocycles. The van der Waals surface area contributed by atoms with Crippen molar-refractivity contribution in [1.29, 1.82) is 0 Å². The number of nitro benzene ring substituents is 1. The van der Waals surface area contributed by atoms with Crippen LogP contribution in [0.15, 0.2) is 18.2 Å². The molecule has 0 radical (unpaired) electrons. The molecule has 1 aromatic rings. The van der Waals surface area contributed by atoms with Gasteiger partial charge in [0.1, 0.15) is 0 Å². The lowest BCUT2D eigenvalue weighted by Gasteiger charge is -2.05. The zero-order valence-corrected chi connectivity index (χ0v) is 8.75. The van der Waals surface area contributed by atoms with Crippen molar-refractivity contribution < 1.29 is 19.6 Å². The Kier molecular flexibility index (Phi) is 4.06. The van der Waals surface area contributed by atoms with Crippen LogP contribution in [-0.2, 0) is 0 Å². The van der Waals surface area contributed by atoms with Gasteiger partial charge in [0.15, 0.2) is 5.75 Å². The number of carbonyl (C=O) groups is 1. The highest BCUT2D eigenvalue weighted by Crippen LogP contribution is 2.28. The molecule has 0 aliphatic rings. The summed E-state index contributed by atoms with van der Waals surface area (Å²) < 4.78 is 5.08. The molecule has 1 rings (SSSR count). The maximum absolute atomic E-state index is 10.7. The molecule has 0 atom stereocenters. The number of hydrogen-bond donors (Lipinski definition) is 1. The molecule has 0 amide bonds. The van der Waals surface area contributed by atoms with Crippen LogP contribution in [0.1, 0.15) is 16.8 Å². The van der Waals surface area contributed by atoms with E-state index < -0.39 is 10.9 Å². The first-order chi connectivity index (χ1) is 8.06. The highest BCUT2D eigenvalue weighted by Gasteiger charge is 2.17. The van der Waals surface area contributed by atoms with Gasteiger partial charge < -0.3 is 9.84 Å². The minimum absolute atomic E-state index is 0.0775. The zero-order valence-electron chi connectivity index (χ0n) is 8.75. The number of rotatable bonds is 5. The summed E-state index contributed by atoms with van der Waals surface area (Å²) in [6, 6.07) is 3.35. The Bertz CT molecular complexity index is 489. The van der Waals surface area contributed by atoms with Gasteiger partial charge in [-0.05, 0) is 6.07 Å². The van der Waals surface area contributed by atoms with Crippen LogP contribution in [0, 0.1) is 22.5 Å². The molecular weight excluding hydrogens is 226 g/mol. The summed E-state index contributed by atoms with van der Waals surface area (Å²) in [6.07, 6.45) is 5.30. The number of benzene rings is 1. The van der Waals surface area contributed by atoms with E-state index in [1.807, 2.05) is 0 Å². The van der Waals surface area contributed by atoms with Gasteiger partial charge in [0.25, 0.3) is 0 Å². The summed E-state index contributed by atoms with van der Waals surface area (Å²) in [5, 5.41) is 19.4. The molecule has 0 aliphatic carbocycles. The van der Waals surface area contributed by atoms with E-state index >= 15 is 0 Å². The molecule has 0 spiro atoms. The van der Waals surface area contributed by atoms with Crippen molar-refractivity contribution in [1.82, 2.24) is 0 Å². The standard InChI is InChI=1S/C11H9NO5/c1-2-3-6-17-10-7-8(11(13)14)4-5-9(10)12(15)16/h1,4-5,7H,3,6H2,(H,13,14). The number of terminal acetylenes is 1. The number of aromatic carboxylic acids is 1. The number of ether oxygens (including phenoxy) is 1. The average Bonchev–Trinajstić information content (AvgIpc) is 2.28. The fourth-order valence-electron chi connectivity index (χ4n) is 1.13. The van der Waals surface area contributed by atoms with Gasteiger partial charge >= 0.3 is 11.7 Å². The third-order valence-electron chi connectivity index (χ3n) is 1.91. The first kappa shape index (κ1) is 12.5. The van der Waals surface area contributed by atoms with Gasteiger partial charge in [-0.3, -0.25) is 10.1 Å². The SMILES string of the molecule is C#CCCOc1cc(C(=O)O)ccc1[N+](=O)[O-]. The van der Waals surface area contributed by atoms with Gasteiger partial charge in [0.05, 0.1) is 17.1 Å². The van der Waals surface area contributed by atoms with E-state index in [2.05, 4.69) is 5.92 Å². The molecule has 0 bridgehead atoms. The van der Waals surface area contributed by atoms with E-state index in [1.165, 1.54) is 0 Å². The van der Waals surface area contributed by atoms with Gasteiger partial charge in [-0.15, -0.1) is 12.3 Å². The Morgan fingerprint density at radius 1 is 1.59 bits per heavy atom. The van der Waals surface area contributed by atoms with Crippen LogP contribution >= 0.6 is 0 Å². The normalized spacial score (nSPS) is 9.35. The fourth-order valence-corrected chi connectivity index (χ4v) is 1.13. The van der Waals surface area contributed by atoms with Crippen LogP contribution in [0.5, 0.6) is 5.75 Å². The third-order valence-corrected chi connectivity index (χ3v) is 1.91. The summed E-state index contributed by atoms with van der Waals surface area (Å²) in [5.41, 5.74) is -0.363. The lowest BCUT2D eigenvalue weighted by molar-refractivity contribution is -0.385. The van der Waals surface area contributed by atoms with Crippen LogP contribution < -0.4 is 4.74 Å². The molecule has 0 unspecified atom stereocenters. The Morgan fingerprint density at radius 2 is 2.29 bits per heavy atom. The quantitative estimate of drug-likeness (QED) is 0.363. The second-order valence-corrected chi connectivity index (χ2v) is 3.05. The Balaban J connectivity index is 3.03. The minimum Gasteiger partial charge on any atom is -0.486 e. The molecule has 1 N–H and O–H groups in total. The molecule has 17 heavy (non-hydrogen) atoms. The maximum atomic E-state index is 10.7. The van der Waals surface area contributed by atoms with E-state index in [1.54, 1.807) is 0 Å². The minimum atomic E-state index is -1.18. The highest BCUT2D eigenvalue weighted by molar-refractivity contribution is 5.88. The van der Waals surface area contributed by atoms with E-state index in [9.17, 15) is 14.9 Å². The predicted molar refractivity (Wildman–Crippen MR) is 59.0 cm³/mol. The van der Waals surface area contributed by atoms with Crippen molar-refractivity contribution in [2.24, 2.45) is 0 Å². The maximum Gasteiger partial charge on any atom is 0.335 e. The van der Waals surface area contributed by atoms with Crippen molar-refractivity contribution >= 4 is 11.7 Å². The first-order valence-electron chi connectivity index (χ1n) is 4.64. The van der Waals surface area contributed by atoms with Crippen molar-refractivity contribution in [2.45, 2.75) is 6.42 Å². The predicted octanol–water partition coefficient (Wildman–Crippen LogP) is 1.70. The number of carboxylic acids is 1. The largest absolute Gasteiger partial charge is 0.486 e. The summed E-state index contributed by atoms with van der Waals surface area (Å²) in [5.74, 6) is 1.04. The summed E-state index contributed by atoms with van der Waals surface area (Å²) in [7, 11) is 0. The summed E-state index contributed by atoms with van der Waals surface area (Å²) >= 11 is 0. The summed E-state index contributed by atoms with van der Waals surface area (Å²) in [6.45, 7) is 0.0976. The second kappa shape index (κ2) is 5.51. The molecule has 0 heterocycles. The summed E-state index contributed by atoms with van der Waals surface area (Å²) in [4.78, 5) is 20.7. The van der Waals surface area contributed by atoms with Gasteiger partial charge in [-0.1, -0.05) is 0 Å². The molecule has 6 nitrogen and oxygen atoms in total. The van der Waals surface area contributed by atoms with E-state index in [4.69, 9.17) is 16.3 Å². The topological polar surface area (TPSA) is 89.7 Å². The van der Waals surface area contributed by atoms with Crippen molar-refractivity contribution in [3.8, 4) is 18.1 Å². The third kappa shape index (κ3) is 3.21. The van der Waals surface area contributed by atoms with Crippen LogP contribution in [0.2, 0.25) is 0 Å². The lowest BCUT2D eigenvalue weighted by Crippen LogP contribution is -2.03.